The molecule has 0 atom stereocenters. The summed E-state index contributed by atoms with van der Waals surface area (Å²) in [6.45, 7) is -1.34. The van der Waals surface area contributed by atoms with Gasteiger partial charge in [-0.3, -0.25) is 0 Å². The van der Waals surface area contributed by atoms with Crippen LogP contribution in [0.15, 0.2) is 24.3 Å². The first-order chi connectivity index (χ1) is 7.58. The van der Waals surface area contributed by atoms with E-state index < -0.39 is 25.6 Å². The van der Waals surface area contributed by atoms with Gasteiger partial charge in [0.2, 0.25) is 0 Å². The molecule has 0 amide bonds. The first-order valence-electron chi connectivity index (χ1n) is 4.50. The number of halogens is 2. The molecule has 88 valence electrons. The average Bonchev–Trinajstić information content (AvgIpc) is 2.23. The molecule has 0 unspecified atom stereocenters. The number of esters is 1. The van der Waals surface area contributed by atoms with Gasteiger partial charge in [0.05, 0.1) is 0 Å². The van der Waals surface area contributed by atoms with Crippen LogP contribution in [0.5, 0.6) is 5.75 Å². The maximum atomic E-state index is 11.7. The highest BCUT2D eigenvalue weighted by Crippen LogP contribution is 2.14. The van der Waals surface area contributed by atoms with Crippen LogP contribution < -0.4 is 10.5 Å². The number of benzene rings is 1. The molecule has 0 bridgehead atoms. The fourth-order valence-corrected chi connectivity index (χ4v) is 0.944. The lowest BCUT2D eigenvalue weighted by molar-refractivity contribution is -0.149. The third-order valence-corrected chi connectivity index (χ3v) is 1.59. The van der Waals surface area contributed by atoms with Crippen molar-refractivity contribution in [2.24, 2.45) is 0 Å². The van der Waals surface area contributed by atoms with E-state index in [4.69, 9.17) is 10.5 Å². The SMILES string of the molecule is Nc1cccc(OCC(=O)OCC(F)F)c1. The maximum Gasteiger partial charge on any atom is 0.344 e. The van der Waals surface area contributed by atoms with Crippen LogP contribution in [-0.2, 0) is 9.53 Å². The molecule has 0 radical (unpaired) electrons. The predicted molar refractivity (Wildman–Crippen MR) is 53.3 cm³/mol. The van der Waals surface area contributed by atoms with Gasteiger partial charge in [0.1, 0.15) is 5.75 Å². The van der Waals surface area contributed by atoms with Crippen LogP contribution in [0.1, 0.15) is 0 Å². The molecule has 1 rings (SSSR count). The quantitative estimate of drug-likeness (QED) is 0.615. The summed E-state index contributed by atoms with van der Waals surface area (Å²) >= 11 is 0. The zero-order valence-electron chi connectivity index (χ0n) is 8.36. The molecular formula is C10H11F2NO3. The Balaban J connectivity index is 2.31. The van der Waals surface area contributed by atoms with Crippen molar-refractivity contribution < 1.29 is 23.0 Å². The fraction of sp³-hybridized carbons (Fsp3) is 0.300. The van der Waals surface area contributed by atoms with Gasteiger partial charge >= 0.3 is 5.97 Å². The largest absolute Gasteiger partial charge is 0.482 e. The summed E-state index contributed by atoms with van der Waals surface area (Å²) in [5, 5.41) is 0. The van der Waals surface area contributed by atoms with E-state index in [1.807, 2.05) is 0 Å². The Morgan fingerprint density at radius 1 is 1.44 bits per heavy atom. The van der Waals surface area contributed by atoms with Gasteiger partial charge in [-0.15, -0.1) is 0 Å². The van der Waals surface area contributed by atoms with E-state index in [2.05, 4.69) is 4.74 Å². The van der Waals surface area contributed by atoms with Crippen LogP contribution in [0, 0.1) is 0 Å². The molecule has 1 aromatic carbocycles. The molecule has 0 spiro atoms. The topological polar surface area (TPSA) is 61.5 Å². The van der Waals surface area contributed by atoms with Crippen LogP contribution in [0.3, 0.4) is 0 Å². The van der Waals surface area contributed by atoms with Crippen molar-refractivity contribution in [2.45, 2.75) is 6.43 Å². The van der Waals surface area contributed by atoms with E-state index in [1.165, 1.54) is 6.07 Å². The summed E-state index contributed by atoms with van der Waals surface area (Å²) in [5.41, 5.74) is 5.95. The molecule has 0 heterocycles. The molecule has 2 N–H and O–H groups in total. The Kier molecular flexibility index (Phi) is 4.50. The molecule has 0 aliphatic carbocycles. The molecule has 0 fully saturated rings. The Bertz CT molecular complexity index is 358. The van der Waals surface area contributed by atoms with E-state index in [9.17, 15) is 13.6 Å². The van der Waals surface area contributed by atoms with Gasteiger partial charge in [-0.1, -0.05) is 6.07 Å². The Labute approximate surface area is 91.0 Å². The van der Waals surface area contributed by atoms with Gasteiger partial charge in [0.15, 0.2) is 13.2 Å². The van der Waals surface area contributed by atoms with Crippen LogP contribution in [0.25, 0.3) is 0 Å². The minimum atomic E-state index is -2.67. The van der Waals surface area contributed by atoms with Gasteiger partial charge < -0.3 is 15.2 Å². The van der Waals surface area contributed by atoms with Crippen LogP contribution in [0.2, 0.25) is 0 Å². The molecule has 1 aromatic rings. The number of carbonyl (C=O) groups excluding carboxylic acids is 1. The molecule has 0 saturated carbocycles. The summed E-state index contributed by atoms with van der Waals surface area (Å²) < 4.78 is 32.5. The number of ether oxygens (including phenoxy) is 2. The number of alkyl halides is 2. The standard InChI is InChI=1S/C10H11F2NO3/c11-9(12)5-16-10(14)6-15-8-3-1-2-7(13)4-8/h1-4,9H,5-6,13H2. The van der Waals surface area contributed by atoms with E-state index in [1.54, 1.807) is 18.2 Å². The van der Waals surface area contributed by atoms with E-state index >= 15 is 0 Å². The zero-order chi connectivity index (χ0) is 12.0. The predicted octanol–water partition coefficient (Wildman–Crippen LogP) is 1.46. The lowest BCUT2D eigenvalue weighted by Gasteiger charge is -2.06. The summed E-state index contributed by atoms with van der Waals surface area (Å²) in [6.07, 6.45) is -2.67. The minimum absolute atomic E-state index is 0.383. The highest BCUT2D eigenvalue weighted by molar-refractivity contribution is 5.71. The van der Waals surface area contributed by atoms with E-state index in [-0.39, 0.29) is 0 Å². The number of nitrogens with two attached hydrogens (primary N) is 1. The first kappa shape index (κ1) is 12.2. The van der Waals surface area contributed by atoms with Crippen molar-refractivity contribution in [1.29, 1.82) is 0 Å². The number of anilines is 1. The fourth-order valence-electron chi connectivity index (χ4n) is 0.944. The number of hydrogen-bond acceptors (Lipinski definition) is 4. The Morgan fingerprint density at radius 2 is 2.19 bits per heavy atom. The number of carbonyl (C=O) groups is 1. The Hall–Kier alpha value is -1.85. The van der Waals surface area contributed by atoms with Crippen LogP contribution >= 0.6 is 0 Å². The summed E-state index contributed by atoms with van der Waals surface area (Å²) in [7, 11) is 0. The molecule has 0 aliphatic rings. The smallest absolute Gasteiger partial charge is 0.344 e. The molecule has 0 aromatic heterocycles. The lowest BCUT2D eigenvalue weighted by atomic mass is 10.3. The molecule has 6 heteroatoms. The normalized spacial score (nSPS) is 10.2. The molecule has 0 saturated heterocycles. The van der Waals surface area contributed by atoms with Crippen molar-refractivity contribution in [1.82, 2.24) is 0 Å². The van der Waals surface area contributed by atoms with Crippen molar-refractivity contribution in [2.75, 3.05) is 18.9 Å². The van der Waals surface area contributed by atoms with Gasteiger partial charge in [0.25, 0.3) is 6.43 Å². The van der Waals surface area contributed by atoms with Crippen molar-refractivity contribution in [3.63, 3.8) is 0 Å². The van der Waals surface area contributed by atoms with E-state index in [0.29, 0.717) is 11.4 Å². The second kappa shape index (κ2) is 5.89. The lowest BCUT2D eigenvalue weighted by Crippen LogP contribution is -2.18. The zero-order valence-corrected chi connectivity index (χ0v) is 8.36. The van der Waals surface area contributed by atoms with Crippen LogP contribution in [0.4, 0.5) is 14.5 Å². The highest BCUT2D eigenvalue weighted by atomic mass is 19.3. The highest BCUT2D eigenvalue weighted by Gasteiger charge is 2.09. The number of hydrogen-bond donors (Lipinski definition) is 1. The molecular weight excluding hydrogens is 220 g/mol. The van der Waals surface area contributed by atoms with Crippen molar-refractivity contribution >= 4 is 11.7 Å². The molecule has 4 nitrogen and oxygen atoms in total. The summed E-state index contributed by atoms with van der Waals surface area (Å²) in [6, 6.07) is 6.41. The second-order valence-corrected chi connectivity index (χ2v) is 2.94. The molecule has 16 heavy (non-hydrogen) atoms. The number of nitrogen functional groups attached to an aromatic ring is 1. The van der Waals surface area contributed by atoms with Crippen molar-refractivity contribution in [3.05, 3.63) is 24.3 Å². The van der Waals surface area contributed by atoms with Gasteiger partial charge in [-0.2, -0.15) is 0 Å². The second-order valence-electron chi connectivity index (χ2n) is 2.94. The average molecular weight is 231 g/mol. The van der Waals surface area contributed by atoms with Gasteiger partial charge in [-0.25, -0.2) is 13.6 Å². The van der Waals surface area contributed by atoms with Gasteiger partial charge in [-0.05, 0) is 12.1 Å². The van der Waals surface area contributed by atoms with E-state index in [0.717, 1.165) is 0 Å². The number of rotatable bonds is 5. The third kappa shape index (κ3) is 4.59. The third-order valence-electron chi connectivity index (χ3n) is 1.59. The summed E-state index contributed by atoms with van der Waals surface area (Å²) in [5.74, 6) is -0.461. The first-order valence-corrected chi connectivity index (χ1v) is 4.50. The Morgan fingerprint density at radius 3 is 2.81 bits per heavy atom. The minimum Gasteiger partial charge on any atom is -0.482 e. The monoisotopic (exact) mass is 231 g/mol. The maximum absolute atomic E-state index is 11.7. The van der Waals surface area contributed by atoms with Crippen molar-refractivity contribution in [3.8, 4) is 5.75 Å². The summed E-state index contributed by atoms with van der Waals surface area (Å²) in [4.78, 5) is 10.9. The molecule has 0 aliphatic heterocycles. The van der Waals surface area contributed by atoms with Gasteiger partial charge in [0, 0.05) is 11.8 Å². The van der Waals surface area contributed by atoms with Crippen LogP contribution in [-0.4, -0.2) is 25.6 Å².